The molecule has 0 atom stereocenters. The number of aromatic nitrogens is 4. The third kappa shape index (κ3) is 6.85. The number of ether oxygens (including phenoxy) is 1. The summed E-state index contributed by atoms with van der Waals surface area (Å²) in [5.74, 6) is 1.95. The summed E-state index contributed by atoms with van der Waals surface area (Å²) in [5, 5.41) is 2.94. The first-order chi connectivity index (χ1) is 16.4. The third-order valence-corrected chi connectivity index (χ3v) is 6.17. The van der Waals surface area contributed by atoms with Crippen molar-refractivity contribution in [1.82, 2.24) is 19.9 Å². The number of rotatable bonds is 6. The minimum absolute atomic E-state index is 0.00249. The monoisotopic (exact) mass is 467 g/mol. The topological polar surface area (TPSA) is 96.4 Å². The van der Waals surface area contributed by atoms with Crippen molar-refractivity contribution in [1.29, 1.82) is 0 Å². The van der Waals surface area contributed by atoms with E-state index in [1.54, 1.807) is 6.20 Å². The van der Waals surface area contributed by atoms with Gasteiger partial charge in [0, 0.05) is 32.6 Å². The minimum atomic E-state index is 0.00249. The molecule has 2 aromatic heterocycles. The average Bonchev–Trinajstić information content (AvgIpc) is 3.13. The van der Waals surface area contributed by atoms with Gasteiger partial charge in [-0.05, 0) is 36.8 Å². The number of pyridine rings is 1. The van der Waals surface area contributed by atoms with Gasteiger partial charge in [0.2, 0.25) is 17.8 Å². The molecule has 2 fully saturated rings. The first-order valence-electron chi connectivity index (χ1n) is 12.5. The van der Waals surface area contributed by atoms with Crippen molar-refractivity contribution in [2.24, 2.45) is 5.41 Å². The van der Waals surface area contributed by atoms with Crippen LogP contribution in [-0.4, -0.2) is 65.2 Å². The van der Waals surface area contributed by atoms with Gasteiger partial charge in [0.15, 0.2) is 5.82 Å². The van der Waals surface area contributed by atoms with Gasteiger partial charge in [0.1, 0.15) is 5.69 Å². The summed E-state index contributed by atoms with van der Waals surface area (Å²) in [6.45, 7) is 11.2. The summed E-state index contributed by atoms with van der Waals surface area (Å²) in [7, 11) is 0. The van der Waals surface area contributed by atoms with E-state index in [0.717, 1.165) is 51.4 Å². The molecule has 0 spiro atoms. The van der Waals surface area contributed by atoms with E-state index >= 15 is 0 Å². The van der Waals surface area contributed by atoms with Crippen LogP contribution in [0.5, 0.6) is 0 Å². The quantitative estimate of drug-likeness (QED) is 0.683. The Bertz CT molecular complexity index is 945. The van der Waals surface area contributed by atoms with Crippen LogP contribution in [0, 0.1) is 5.41 Å². The van der Waals surface area contributed by atoms with Crippen LogP contribution in [0.1, 0.15) is 59.3 Å². The molecule has 0 saturated carbocycles. The highest BCUT2D eigenvalue weighted by Gasteiger charge is 2.21. The molecule has 9 heteroatoms. The Morgan fingerprint density at radius 3 is 2.18 bits per heavy atom. The van der Waals surface area contributed by atoms with E-state index in [1.807, 2.05) is 12.1 Å². The molecular formula is C25H37N7O2. The van der Waals surface area contributed by atoms with Crippen molar-refractivity contribution in [3.63, 3.8) is 0 Å². The lowest BCUT2D eigenvalue weighted by Crippen LogP contribution is -2.38. The van der Waals surface area contributed by atoms with Crippen LogP contribution in [0.25, 0.3) is 11.5 Å². The maximum Gasteiger partial charge on any atom is 0.230 e. The molecule has 1 N–H and O–H groups in total. The van der Waals surface area contributed by atoms with Crippen molar-refractivity contribution >= 4 is 23.5 Å². The van der Waals surface area contributed by atoms with Crippen LogP contribution >= 0.6 is 0 Å². The zero-order valence-corrected chi connectivity index (χ0v) is 20.7. The molecular weight excluding hydrogens is 430 g/mol. The second-order valence-electron chi connectivity index (χ2n) is 10.3. The number of amides is 1. The van der Waals surface area contributed by atoms with Gasteiger partial charge in [-0.25, -0.2) is 0 Å². The van der Waals surface area contributed by atoms with Gasteiger partial charge < -0.3 is 19.9 Å². The standard InChI is InChI=1S/C25H37N7O2/c1-25(2,3)11-10-21(33)27-19-8-9-20(26-18-19)22-28-23(31-12-6-4-5-7-13-31)30-24(29-22)32-14-16-34-17-15-32/h8-9,18H,4-7,10-17H2,1-3H3,(H,27,33). The zero-order chi connectivity index (χ0) is 24.0. The van der Waals surface area contributed by atoms with Gasteiger partial charge in [0.25, 0.3) is 0 Å². The van der Waals surface area contributed by atoms with E-state index in [9.17, 15) is 4.79 Å². The van der Waals surface area contributed by atoms with Gasteiger partial charge in [-0.3, -0.25) is 9.78 Å². The molecule has 0 bridgehead atoms. The Hall–Kier alpha value is -2.81. The van der Waals surface area contributed by atoms with Gasteiger partial charge in [-0.2, -0.15) is 15.0 Å². The number of anilines is 3. The van der Waals surface area contributed by atoms with Crippen molar-refractivity contribution in [2.75, 3.05) is 54.5 Å². The molecule has 2 saturated heterocycles. The second kappa shape index (κ2) is 11.1. The predicted octanol–water partition coefficient (Wildman–Crippen LogP) is 3.92. The Labute approximate surface area is 202 Å². The molecule has 0 aromatic carbocycles. The van der Waals surface area contributed by atoms with Crippen molar-refractivity contribution in [3.8, 4) is 11.5 Å². The summed E-state index contributed by atoms with van der Waals surface area (Å²) in [5.41, 5.74) is 1.47. The number of nitrogens with zero attached hydrogens (tertiary/aromatic N) is 6. The van der Waals surface area contributed by atoms with E-state index in [0.29, 0.717) is 42.8 Å². The van der Waals surface area contributed by atoms with Crippen LogP contribution in [0.2, 0.25) is 0 Å². The molecule has 184 valence electrons. The highest BCUT2D eigenvalue weighted by atomic mass is 16.5. The van der Waals surface area contributed by atoms with Gasteiger partial charge in [0.05, 0.1) is 25.1 Å². The molecule has 34 heavy (non-hydrogen) atoms. The van der Waals surface area contributed by atoms with Gasteiger partial charge >= 0.3 is 0 Å². The first kappa shape index (κ1) is 24.3. The van der Waals surface area contributed by atoms with Gasteiger partial charge in [-0.1, -0.05) is 33.6 Å². The van der Waals surface area contributed by atoms with E-state index in [4.69, 9.17) is 19.7 Å². The Balaban J connectivity index is 1.54. The highest BCUT2D eigenvalue weighted by Crippen LogP contribution is 2.24. The second-order valence-corrected chi connectivity index (χ2v) is 10.3. The number of carbonyl (C=O) groups excluding carboxylic acids is 1. The lowest BCUT2D eigenvalue weighted by Gasteiger charge is -2.28. The van der Waals surface area contributed by atoms with Crippen molar-refractivity contribution < 1.29 is 9.53 Å². The van der Waals surface area contributed by atoms with E-state index in [2.05, 4.69) is 40.9 Å². The number of hydrogen-bond donors (Lipinski definition) is 1. The Morgan fingerprint density at radius 1 is 0.941 bits per heavy atom. The van der Waals surface area contributed by atoms with E-state index in [1.165, 1.54) is 12.8 Å². The largest absolute Gasteiger partial charge is 0.378 e. The Kier molecular flexibility index (Phi) is 7.92. The maximum atomic E-state index is 12.3. The van der Waals surface area contributed by atoms with Crippen LogP contribution in [0.3, 0.4) is 0 Å². The van der Waals surface area contributed by atoms with E-state index in [-0.39, 0.29) is 11.3 Å². The van der Waals surface area contributed by atoms with Crippen LogP contribution in [-0.2, 0) is 9.53 Å². The molecule has 4 rings (SSSR count). The van der Waals surface area contributed by atoms with Crippen LogP contribution in [0.4, 0.5) is 17.6 Å². The summed E-state index contributed by atoms with van der Waals surface area (Å²) < 4.78 is 5.51. The lowest BCUT2D eigenvalue weighted by molar-refractivity contribution is -0.116. The summed E-state index contributed by atoms with van der Waals surface area (Å²) >= 11 is 0. The van der Waals surface area contributed by atoms with Crippen molar-refractivity contribution in [3.05, 3.63) is 18.3 Å². The van der Waals surface area contributed by atoms with E-state index < -0.39 is 0 Å². The fraction of sp³-hybridized carbons (Fsp3) is 0.640. The smallest absolute Gasteiger partial charge is 0.230 e. The normalized spacial score (nSPS) is 17.4. The average molecular weight is 468 g/mol. The third-order valence-electron chi connectivity index (χ3n) is 6.17. The molecule has 4 heterocycles. The molecule has 1 amide bonds. The molecule has 0 unspecified atom stereocenters. The molecule has 2 aliphatic rings. The highest BCUT2D eigenvalue weighted by molar-refractivity contribution is 5.90. The van der Waals surface area contributed by atoms with Crippen molar-refractivity contribution in [2.45, 2.75) is 59.3 Å². The fourth-order valence-electron chi connectivity index (χ4n) is 4.10. The summed E-state index contributed by atoms with van der Waals surface area (Å²) in [6, 6.07) is 3.73. The van der Waals surface area contributed by atoms with Crippen LogP contribution in [0.15, 0.2) is 18.3 Å². The summed E-state index contributed by atoms with van der Waals surface area (Å²) in [4.78, 5) is 35.7. The number of hydrogen-bond acceptors (Lipinski definition) is 8. The molecule has 9 nitrogen and oxygen atoms in total. The number of nitrogens with one attached hydrogen (secondary N) is 1. The number of carbonyl (C=O) groups is 1. The molecule has 0 radical (unpaired) electrons. The SMILES string of the molecule is CC(C)(C)CCC(=O)Nc1ccc(-c2nc(N3CCCCCC3)nc(N3CCOCC3)n2)nc1. The fourth-order valence-corrected chi connectivity index (χ4v) is 4.10. The molecule has 2 aromatic rings. The first-order valence-corrected chi connectivity index (χ1v) is 12.5. The minimum Gasteiger partial charge on any atom is -0.378 e. The summed E-state index contributed by atoms with van der Waals surface area (Å²) in [6.07, 6.45) is 7.78. The van der Waals surface area contributed by atoms with Crippen LogP contribution < -0.4 is 15.1 Å². The number of morpholine rings is 1. The molecule has 0 aliphatic carbocycles. The Morgan fingerprint density at radius 2 is 1.59 bits per heavy atom. The zero-order valence-electron chi connectivity index (χ0n) is 20.7. The maximum absolute atomic E-state index is 12.3. The van der Waals surface area contributed by atoms with Gasteiger partial charge in [-0.15, -0.1) is 0 Å². The lowest BCUT2D eigenvalue weighted by atomic mass is 9.90. The molecule has 2 aliphatic heterocycles. The predicted molar refractivity (Wildman–Crippen MR) is 134 cm³/mol.